The third kappa shape index (κ3) is 16.7. The molecule has 29 heavy (non-hydrogen) atoms. The van der Waals surface area contributed by atoms with Crippen LogP contribution in [0.25, 0.3) is 0 Å². The van der Waals surface area contributed by atoms with E-state index in [1.165, 1.54) is 41.5 Å². The van der Waals surface area contributed by atoms with E-state index in [-0.39, 0.29) is 5.78 Å². The average Bonchev–Trinajstić information content (AvgIpc) is 2.70. The standard InChI is InChI=1S/C16H26O.C9H12.C3H8/c1-5-7-8-9-13-16(17)15(4)12-10-11-14(3)6-2;1-7-5-4-6-8(2)9(7)3;1-3-2/h10-12H,4-9,13H2,1-3H3;4-6H,1-3H3;3H2,1-2H3/b12-10-,14-11+;;. The molecule has 1 heteroatoms. The van der Waals surface area contributed by atoms with Crippen molar-refractivity contribution >= 4 is 5.78 Å². The SMILES string of the molecule is C=C(/C=C\C=C(/C)CC)C(=O)CCCCCC.CCC.Cc1cccc(C)c1C. The van der Waals surface area contributed by atoms with Gasteiger partial charge in [-0.3, -0.25) is 4.79 Å². The normalized spacial score (nSPS) is 10.7. The van der Waals surface area contributed by atoms with Crippen LogP contribution in [0, 0.1) is 20.8 Å². The number of hydrogen-bond acceptors (Lipinski definition) is 1. The van der Waals surface area contributed by atoms with Crippen LogP contribution in [0.3, 0.4) is 0 Å². The summed E-state index contributed by atoms with van der Waals surface area (Å²) in [6, 6.07) is 6.38. The van der Waals surface area contributed by atoms with Crippen molar-refractivity contribution in [2.45, 2.75) is 100 Å². The minimum absolute atomic E-state index is 0.180. The molecule has 0 aliphatic heterocycles. The Kier molecular flexibility index (Phi) is 19.6. The molecule has 0 saturated heterocycles. The zero-order valence-electron chi connectivity index (χ0n) is 20.5. The first-order valence-electron chi connectivity index (χ1n) is 11.3. The summed E-state index contributed by atoms with van der Waals surface area (Å²) in [7, 11) is 0. The van der Waals surface area contributed by atoms with Gasteiger partial charge >= 0.3 is 0 Å². The monoisotopic (exact) mass is 398 g/mol. The van der Waals surface area contributed by atoms with Gasteiger partial charge in [0.15, 0.2) is 5.78 Å². The van der Waals surface area contributed by atoms with Gasteiger partial charge in [-0.05, 0) is 57.2 Å². The zero-order chi connectivity index (χ0) is 22.7. The number of allylic oxidation sites excluding steroid dienone is 5. The highest BCUT2D eigenvalue weighted by molar-refractivity contribution is 5.97. The Labute approximate surface area is 182 Å². The topological polar surface area (TPSA) is 17.1 Å². The highest BCUT2D eigenvalue weighted by Gasteiger charge is 2.02. The van der Waals surface area contributed by atoms with Gasteiger partial charge in [-0.1, -0.05) is 102 Å². The molecule has 1 aromatic rings. The summed E-state index contributed by atoms with van der Waals surface area (Å²) in [6.07, 6.45) is 13.3. The van der Waals surface area contributed by atoms with E-state index in [1.54, 1.807) is 0 Å². The lowest BCUT2D eigenvalue weighted by Gasteiger charge is -2.00. The van der Waals surface area contributed by atoms with Crippen molar-refractivity contribution in [1.82, 2.24) is 0 Å². The summed E-state index contributed by atoms with van der Waals surface area (Å²) < 4.78 is 0. The molecule has 0 N–H and O–H groups in total. The second-order valence-corrected chi connectivity index (χ2v) is 7.71. The fraction of sp³-hybridized carbons (Fsp3) is 0.536. The first kappa shape index (κ1) is 29.3. The Morgan fingerprint density at radius 3 is 1.97 bits per heavy atom. The highest BCUT2D eigenvalue weighted by atomic mass is 16.1. The number of unbranched alkanes of at least 4 members (excludes halogenated alkanes) is 3. The van der Waals surface area contributed by atoms with Crippen molar-refractivity contribution in [3.63, 3.8) is 0 Å². The lowest BCUT2D eigenvalue weighted by Crippen LogP contribution is -1.98. The van der Waals surface area contributed by atoms with Gasteiger partial charge in [-0.15, -0.1) is 0 Å². The number of Topliss-reactive ketones (excluding diaryl/α,β-unsaturated/α-hetero) is 1. The van der Waals surface area contributed by atoms with E-state index >= 15 is 0 Å². The van der Waals surface area contributed by atoms with Crippen LogP contribution in [0.5, 0.6) is 0 Å². The van der Waals surface area contributed by atoms with Crippen LogP contribution >= 0.6 is 0 Å². The van der Waals surface area contributed by atoms with Crippen molar-refractivity contribution in [3.05, 3.63) is 70.8 Å². The van der Waals surface area contributed by atoms with E-state index < -0.39 is 0 Å². The van der Waals surface area contributed by atoms with Crippen LogP contribution in [-0.4, -0.2) is 5.78 Å². The quantitative estimate of drug-likeness (QED) is 0.230. The Hall–Kier alpha value is -1.89. The number of aryl methyl sites for hydroxylation is 2. The molecule has 0 saturated carbocycles. The van der Waals surface area contributed by atoms with Crippen LogP contribution in [0.1, 0.15) is 96.3 Å². The zero-order valence-corrected chi connectivity index (χ0v) is 20.5. The first-order chi connectivity index (χ1) is 13.7. The van der Waals surface area contributed by atoms with Gasteiger partial charge in [-0.2, -0.15) is 0 Å². The number of carbonyl (C=O) groups is 1. The Balaban J connectivity index is 0. The van der Waals surface area contributed by atoms with Gasteiger partial charge in [0.05, 0.1) is 0 Å². The molecule has 1 rings (SSSR count). The van der Waals surface area contributed by atoms with E-state index in [0.29, 0.717) is 12.0 Å². The molecule has 0 unspecified atom stereocenters. The van der Waals surface area contributed by atoms with Gasteiger partial charge in [0, 0.05) is 12.0 Å². The van der Waals surface area contributed by atoms with E-state index in [1.807, 2.05) is 18.2 Å². The minimum Gasteiger partial charge on any atom is -0.294 e. The summed E-state index contributed by atoms with van der Waals surface area (Å²) in [4.78, 5) is 11.7. The highest BCUT2D eigenvalue weighted by Crippen LogP contribution is 2.10. The lowest BCUT2D eigenvalue weighted by atomic mass is 10.0. The molecule has 0 amide bonds. The third-order valence-electron chi connectivity index (χ3n) is 4.73. The van der Waals surface area contributed by atoms with Gasteiger partial charge in [-0.25, -0.2) is 0 Å². The van der Waals surface area contributed by atoms with E-state index in [2.05, 4.69) is 80.2 Å². The maximum absolute atomic E-state index is 11.7. The van der Waals surface area contributed by atoms with Crippen molar-refractivity contribution < 1.29 is 4.79 Å². The molecular weight excluding hydrogens is 352 g/mol. The fourth-order valence-electron chi connectivity index (χ4n) is 2.31. The molecule has 164 valence electrons. The largest absolute Gasteiger partial charge is 0.294 e. The average molecular weight is 399 g/mol. The smallest absolute Gasteiger partial charge is 0.162 e. The van der Waals surface area contributed by atoms with Gasteiger partial charge < -0.3 is 0 Å². The van der Waals surface area contributed by atoms with Crippen LogP contribution < -0.4 is 0 Å². The Morgan fingerprint density at radius 1 is 0.966 bits per heavy atom. The second-order valence-electron chi connectivity index (χ2n) is 7.71. The number of hydrogen-bond donors (Lipinski definition) is 0. The molecule has 0 bridgehead atoms. The summed E-state index contributed by atoms with van der Waals surface area (Å²) in [5.41, 5.74) is 6.12. The fourth-order valence-corrected chi connectivity index (χ4v) is 2.31. The van der Waals surface area contributed by atoms with Crippen molar-refractivity contribution in [2.24, 2.45) is 0 Å². The van der Waals surface area contributed by atoms with Crippen molar-refractivity contribution in [1.29, 1.82) is 0 Å². The van der Waals surface area contributed by atoms with E-state index in [9.17, 15) is 4.79 Å². The predicted octanol–water partition coefficient (Wildman–Crippen LogP) is 9.02. The van der Waals surface area contributed by atoms with E-state index in [4.69, 9.17) is 0 Å². The maximum Gasteiger partial charge on any atom is 0.162 e. The summed E-state index contributed by atoms with van der Waals surface area (Å²) in [5, 5.41) is 0. The van der Waals surface area contributed by atoms with Crippen molar-refractivity contribution in [3.8, 4) is 0 Å². The number of ketones is 1. The molecule has 0 aromatic heterocycles. The van der Waals surface area contributed by atoms with Gasteiger partial charge in [0.2, 0.25) is 0 Å². The number of benzene rings is 1. The molecule has 0 aliphatic rings. The second kappa shape index (κ2) is 19.4. The summed E-state index contributed by atoms with van der Waals surface area (Å²) in [5.74, 6) is 0.180. The lowest BCUT2D eigenvalue weighted by molar-refractivity contribution is -0.115. The molecule has 1 aromatic carbocycles. The molecular formula is C28H46O. The Morgan fingerprint density at radius 2 is 1.52 bits per heavy atom. The molecule has 0 radical (unpaired) electrons. The summed E-state index contributed by atoms with van der Waals surface area (Å²) >= 11 is 0. The van der Waals surface area contributed by atoms with Crippen LogP contribution in [0.4, 0.5) is 0 Å². The van der Waals surface area contributed by atoms with Crippen LogP contribution in [0.15, 0.2) is 54.2 Å². The Bertz CT molecular complexity index is 611. The molecule has 0 aliphatic carbocycles. The number of rotatable bonds is 9. The number of carbonyl (C=O) groups excluding carboxylic acids is 1. The molecule has 0 heterocycles. The molecule has 1 nitrogen and oxygen atoms in total. The molecule has 0 spiro atoms. The maximum atomic E-state index is 11.7. The van der Waals surface area contributed by atoms with Crippen LogP contribution in [0.2, 0.25) is 0 Å². The van der Waals surface area contributed by atoms with Gasteiger partial charge in [0.1, 0.15) is 0 Å². The first-order valence-corrected chi connectivity index (χ1v) is 11.3. The molecule has 0 atom stereocenters. The van der Waals surface area contributed by atoms with E-state index in [0.717, 1.165) is 19.3 Å². The third-order valence-corrected chi connectivity index (χ3v) is 4.73. The minimum atomic E-state index is 0.180. The van der Waals surface area contributed by atoms with Gasteiger partial charge in [0.25, 0.3) is 0 Å². The van der Waals surface area contributed by atoms with Crippen molar-refractivity contribution in [2.75, 3.05) is 0 Å². The summed E-state index contributed by atoms with van der Waals surface area (Å²) in [6.45, 7) is 20.9. The van der Waals surface area contributed by atoms with Crippen LogP contribution in [-0.2, 0) is 4.79 Å². The predicted molar refractivity (Wildman–Crippen MR) is 133 cm³/mol. The molecule has 0 fully saturated rings.